The summed E-state index contributed by atoms with van der Waals surface area (Å²) in [5.41, 5.74) is 5.54. The van der Waals surface area contributed by atoms with Gasteiger partial charge in [-0.2, -0.15) is 0 Å². The van der Waals surface area contributed by atoms with Gasteiger partial charge in [0.1, 0.15) is 10.6 Å². The molecule has 0 unspecified atom stereocenters. The molecule has 0 spiro atoms. The smallest absolute Gasteiger partial charge is 0.338 e. The first kappa shape index (κ1) is 112. The number of carbonyl (C=O) groups is 1. The third-order valence-electron chi connectivity index (χ3n) is 18.7. The molecular formula is C94H128N8O19S8. The molecule has 9 N–H and O–H groups in total. The highest BCUT2D eigenvalue weighted by molar-refractivity contribution is 7.93. The Hall–Kier alpha value is -9.57. The van der Waals surface area contributed by atoms with Crippen LogP contribution in [0.5, 0.6) is 5.75 Å². The first-order valence-corrected chi connectivity index (χ1v) is 54.4. The average Bonchev–Trinajstić information content (AvgIpc) is 0.821. The van der Waals surface area contributed by atoms with E-state index in [9.17, 15) is 72.1 Å². The third kappa shape index (κ3) is 41.6. The van der Waals surface area contributed by atoms with Gasteiger partial charge in [-0.3, -0.25) is 9.44 Å². The second-order valence-electron chi connectivity index (χ2n) is 30.0. The Labute approximate surface area is 768 Å². The molecule has 0 amide bonds. The van der Waals surface area contributed by atoms with E-state index in [1.54, 1.807) is 223 Å². The summed E-state index contributed by atoms with van der Waals surface area (Å²) < 4.78 is 217. The van der Waals surface area contributed by atoms with Crippen LogP contribution in [0.4, 0.5) is 11.4 Å². The number of methoxy groups -OCH3 is 1. The van der Waals surface area contributed by atoms with Gasteiger partial charge < -0.3 is 9.47 Å². The molecule has 0 atom stereocenters. The fourth-order valence-electron chi connectivity index (χ4n) is 11.9. The number of rotatable bonds is 35. The zero-order valence-corrected chi connectivity index (χ0v) is 82.0. The van der Waals surface area contributed by atoms with Crippen molar-refractivity contribution in [2.75, 3.05) is 42.8 Å². The molecule has 35 heteroatoms. The highest BCUT2D eigenvalue weighted by Gasteiger charge is 2.25. The van der Waals surface area contributed by atoms with Gasteiger partial charge in [0.15, 0.2) is 0 Å². The summed E-state index contributed by atoms with van der Waals surface area (Å²) in [6.07, 6.45) is 15.3. The molecule has 0 aliphatic heterocycles. The van der Waals surface area contributed by atoms with E-state index in [0.29, 0.717) is 78.3 Å². The van der Waals surface area contributed by atoms with Crippen molar-refractivity contribution in [3.05, 3.63) is 294 Å². The minimum Gasteiger partial charge on any atom is -0.495 e. The van der Waals surface area contributed by atoms with E-state index < -0.39 is 86.2 Å². The number of primary sulfonamides is 1. The summed E-state index contributed by atoms with van der Waals surface area (Å²) in [6.45, 7) is 22.7. The van der Waals surface area contributed by atoms with Crippen LogP contribution >= 0.6 is 0 Å². The average molecular weight is 1930 g/mol. The lowest BCUT2D eigenvalue weighted by Gasteiger charge is -2.23. The highest BCUT2D eigenvalue weighted by atomic mass is 32.2. The second kappa shape index (κ2) is 56.9. The maximum absolute atomic E-state index is 12.2. The number of unbranched alkanes of at least 4 members (excludes halogenated alkanes) is 6. The van der Waals surface area contributed by atoms with Crippen LogP contribution < -0.4 is 42.9 Å². The van der Waals surface area contributed by atoms with Crippen molar-refractivity contribution in [3.8, 4) is 5.75 Å². The SMILES string of the molecule is CCCCCCCOC(=O)c1ccc(S(N)(=O)=O)cc1.CCCCNS(=O)(=O)c1ccc(C)cc1.CCCCNS(=O)(=O)c1ccccc1.CCCNS(=O)(=O)c1ccccc1C.COc1ccccc1S(=O)(=O)Nc1ccccc1.Cc1ccccc1S(=O)(=O)NC(C)C.Cc1ccccc1S(=O)(=O)NC1CCCCC1.Cc1ccccc1S(=O)(=O)Nc1ccccc1. The van der Waals surface area contributed by atoms with Crippen LogP contribution in [0, 0.1) is 34.6 Å². The number of aryl methyl sites for hydroxylation is 5. The van der Waals surface area contributed by atoms with Crippen molar-refractivity contribution in [1.29, 1.82) is 0 Å². The Morgan fingerprint density at radius 3 is 1.12 bits per heavy atom. The van der Waals surface area contributed by atoms with Crippen molar-refractivity contribution in [3.63, 3.8) is 0 Å². The number of benzene rings is 10. The fraction of sp³-hybridized carbons (Fsp3) is 0.351. The summed E-state index contributed by atoms with van der Waals surface area (Å²) in [7, 11) is -26.0. The lowest BCUT2D eigenvalue weighted by Crippen LogP contribution is -2.36. The first-order valence-electron chi connectivity index (χ1n) is 42.5. The normalized spacial score (nSPS) is 12.3. The molecule has 0 radical (unpaired) electrons. The monoisotopic (exact) mass is 1930 g/mol. The van der Waals surface area contributed by atoms with Crippen molar-refractivity contribution < 1.29 is 81.6 Å². The zero-order valence-electron chi connectivity index (χ0n) is 75.5. The van der Waals surface area contributed by atoms with Crippen LogP contribution in [0.2, 0.25) is 0 Å². The molecule has 11 rings (SSSR count). The molecule has 1 fully saturated rings. The van der Waals surface area contributed by atoms with Crippen LogP contribution in [0.1, 0.15) is 176 Å². The molecule has 1 aliphatic rings. The molecule has 706 valence electrons. The Bertz CT molecular complexity index is 5990. The number of esters is 1. The Balaban J connectivity index is 0.000000310. The Morgan fingerprint density at radius 1 is 0.357 bits per heavy atom. The molecule has 0 saturated heterocycles. The van der Waals surface area contributed by atoms with Crippen LogP contribution in [-0.4, -0.2) is 119 Å². The summed E-state index contributed by atoms with van der Waals surface area (Å²) in [6, 6.07) is 72.7. The van der Waals surface area contributed by atoms with Crippen molar-refractivity contribution >= 4 is 97.5 Å². The van der Waals surface area contributed by atoms with Gasteiger partial charge in [0.2, 0.25) is 60.1 Å². The number of hydrogen-bond donors (Lipinski definition) is 8. The second-order valence-corrected chi connectivity index (χ2v) is 43.5. The number of sulfonamides is 8. The van der Waals surface area contributed by atoms with E-state index in [0.717, 1.165) is 105 Å². The minimum absolute atomic E-state index is 0.0198. The molecule has 0 heterocycles. The number of ether oxygens (including phenoxy) is 2. The number of anilines is 2. The molecule has 10 aromatic rings. The molecule has 0 bridgehead atoms. The summed E-state index contributed by atoms with van der Waals surface area (Å²) >= 11 is 0. The van der Waals surface area contributed by atoms with Crippen molar-refractivity contribution in [2.45, 2.75) is 224 Å². The molecule has 129 heavy (non-hydrogen) atoms. The Morgan fingerprint density at radius 2 is 0.713 bits per heavy atom. The summed E-state index contributed by atoms with van der Waals surface area (Å²) in [5, 5.41) is 4.98. The molecular weight excluding hydrogens is 1800 g/mol. The van der Waals surface area contributed by atoms with E-state index in [4.69, 9.17) is 14.6 Å². The molecule has 27 nitrogen and oxygen atoms in total. The van der Waals surface area contributed by atoms with Gasteiger partial charge in [0, 0.05) is 43.1 Å². The number of nitrogens with two attached hydrogens (primary N) is 1. The predicted octanol–water partition coefficient (Wildman–Crippen LogP) is 17.6. The number of para-hydroxylation sites is 3. The van der Waals surface area contributed by atoms with Crippen LogP contribution in [-0.2, 0) is 84.9 Å². The summed E-state index contributed by atoms with van der Waals surface area (Å²) in [4.78, 5) is 13.9. The topological polar surface area (TPSA) is 419 Å². The van der Waals surface area contributed by atoms with E-state index in [1.807, 2.05) is 77.1 Å². The standard InChI is InChI=1S/C14H21NO4S.C13H13NO3S.C13H19NO2S.C13H13NO2S.C11H17NO2S.3C10H15NO2S/c1-2-3-4-5-6-11-19-14(16)12-7-9-13(10-8-12)20(15,17)18;1-17-12-9-5-6-10-13(12)18(15,16)14-11-7-3-2-4-8-11;2*1-11-7-5-6-10-13(11)17(15,16)14-12-8-3-2-4-9-12;1-3-4-9-12-15(13,14)11-7-5-10(2)6-8-11;1-8(2)11-14(12,13)10-7-5-4-6-9(10)3;1-3-8-11-14(12,13)10-7-5-4-6-9(10)2;1-2-3-9-11-14(12,13)10-7-5-4-6-8-10/h7-10H,2-6,11H2,1H3,(H2,15,17,18);2-10,14H,1H3;5-7,10,12,14H,2-4,8-9H2,1H3;2-10,14H,1H3;5-8,12H,3-4,9H2,1-2H3;4-8,11H,1-3H3;4-7,11H,3,8H2,1-2H3;4-8,11H,2-3,9H2,1H3. The summed E-state index contributed by atoms with van der Waals surface area (Å²) in [5.74, 6) is -0.123. The van der Waals surface area contributed by atoms with Crippen molar-refractivity contribution in [2.24, 2.45) is 5.14 Å². The third-order valence-corrected chi connectivity index (χ3v) is 30.7. The molecule has 0 aromatic heterocycles. The lowest BCUT2D eigenvalue weighted by atomic mass is 9.96. The van der Waals surface area contributed by atoms with Gasteiger partial charge in [0.25, 0.3) is 20.0 Å². The van der Waals surface area contributed by atoms with E-state index in [-0.39, 0.29) is 21.9 Å². The van der Waals surface area contributed by atoms with Crippen molar-refractivity contribution in [1.82, 2.24) is 23.6 Å². The maximum atomic E-state index is 12.2. The van der Waals surface area contributed by atoms with Gasteiger partial charge in [0.05, 0.1) is 53.5 Å². The van der Waals surface area contributed by atoms with Crippen LogP contribution in [0.25, 0.3) is 0 Å². The Kier molecular flexibility index (Phi) is 49.3. The largest absolute Gasteiger partial charge is 0.495 e. The van der Waals surface area contributed by atoms with Gasteiger partial charge in [-0.05, 0) is 218 Å². The van der Waals surface area contributed by atoms with Gasteiger partial charge in [-0.25, -0.2) is 101 Å². The van der Waals surface area contributed by atoms with E-state index in [1.165, 1.54) is 56.7 Å². The number of hydrogen-bond acceptors (Lipinski definition) is 19. The quantitative estimate of drug-likeness (QED) is 0.0135. The van der Waals surface area contributed by atoms with Gasteiger partial charge >= 0.3 is 5.97 Å². The first-order chi connectivity index (χ1) is 61.0. The predicted molar refractivity (Wildman–Crippen MR) is 515 cm³/mol. The fourth-order valence-corrected chi connectivity index (χ4v) is 21.5. The van der Waals surface area contributed by atoms with Gasteiger partial charge in [-0.15, -0.1) is 0 Å². The van der Waals surface area contributed by atoms with Crippen LogP contribution in [0.15, 0.2) is 300 Å². The number of carbonyl (C=O) groups excluding carboxylic acids is 1. The molecule has 1 saturated carbocycles. The maximum Gasteiger partial charge on any atom is 0.338 e. The number of nitrogens with one attached hydrogen (secondary N) is 7. The van der Waals surface area contributed by atoms with E-state index >= 15 is 0 Å². The van der Waals surface area contributed by atoms with Gasteiger partial charge in [-0.1, -0.05) is 243 Å². The lowest BCUT2D eigenvalue weighted by molar-refractivity contribution is 0.0497. The van der Waals surface area contributed by atoms with E-state index in [2.05, 4.69) is 40.0 Å². The van der Waals surface area contributed by atoms with Crippen LogP contribution in [0.3, 0.4) is 0 Å². The zero-order chi connectivity index (χ0) is 95.8. The molecule has 1 aliphatic carbocycles. The molecule has 10 aromatic carbocycles. The highest BCUT2D eigenvalue weighted by Crippen LogP contribution is 2.27. The minimum atomic E-state index is -3.73.